The first-order chi connectivity index (χ1) is 25.3. The van der Waals surface area contributed by atoms with Crippen molar-refractivity contribution < 1.29 is 4.42 Å². The van der Waals surface area contributed by atoms with Crippen LogP contribution in [0.2, 0.25) is 0 Å². The van der Waals surface area contributed by atoms with Crippen molar-refractivity contribution in [3.8, 4) is 56.2 Å². The van der Waals surface area contributed by atoms with E-state index >= 15 is 0 Å². The molecule has 0 saturated carbocycles. The maximum absolute atomic E-state index is 6.65. The minimum absolute atomic E-state index is 0.689. The summed E-state index contributed by atoms with van der Waals surface area (Å²) in [4.78, 5) is 10.4. The maximum atomic E-state index is 6.65. The van der Waals surface area contributed by atoms with Crippen molar-refractivity contribution >= 4 is 43.5 Å². The molecule has 10 aromatic rings. The lowest BCUT2D eigenvalue weighted by Crippen LogP contribution is -1.97. The number of hydrogen-bond acceptors (Lipinski definition) is 3. The molecule has 3 heteroatoms. The van der Waals surface area contributed by atoms with Gasteiger partial charge in [0.2, 0.25) is 0 Å². The summed E-state index contributed by atoms with van der Waals surface area (Å²) in [6.07, 6.45) is 0. The summed E-state index contributed by atoms with van der Waals surface area (Å²) >= 11 is 0. The Morgan fingerprint density at radius 1 is 0.353 bits per heavy atom. The highest BCUT2D eigenvalue weighted by Gasteiger charge is 2.19. The third kappa shape index (κ3) is 4.98. The van der Waals surface area contributed by atoms with Crippen LogP contribution in [0.1, 0.15) is 0 Å². The molecule has 238 valence electrons. The van der Waals surface area contributed by atoms with Gasteiger partial charge >= 0.3 is 0 Å². The van der Waals surface area contributed by atoms with Gasteiger partial charge in [0.25, 0.3) is 0 Å². The molecule has 0 bridgehead atoms. The van der Waals surface area contributed by atoms with Gasteiger partial charge in [0.15, 0.2) is 5.82 Å². The molecule has 0 amide bonds. The highest BCUT2D eigenvalue weighted by atomic mass is 16.3. The van der Waals surface area contributed by atoms with Crippen LogP contribution in [-0.2, 0) is 0 Å². The van der Waals surface area contributed by atoms with Crippen LogP contribution in [0.25, 0.3) is 99.6 Å². The second-order valence-electron chi connectivity index (χ2n) is 12.9. The Balaban J connectivity index is 1.15. The van der Waals surface area contributed by atoms with E-state index in [0.29, 0.717) is 5.82 Å². The number of fused-ring (bicyclic) bond motifs is 6. The zero-order chi connectivity index (χ0) is 33.7. The summed E-state index contributed by atoms with van der Waals surface area (Å²) in [7, 11) is 0. The van der Waals surface area contributed by atoms with Crippen molar-refractivity contribution in [1.82, 2.24) is 9.97 Å². The Morgan fingerprint density at radius 3 is 1.65 bits per heavy atom. The predicted molar refractivity (Wildman–Crippen MR) is 212 cm³/mol. The summed E-state index contributed by atoms with van der Waals surface area (Å²) in [5.74, 6) is 0.689. The molecular formula is C48H30N2O. The molecule has 3 nitrogen and oxygen atoms in total. The van der Waals surface area contributed by atoms with E-state index in [1.165, 1.54) is 21.9 Å². The Kier molecular flexibility index (Phi) is 6.81. The van der Waals surface area contributed by atoms with Crippen LogP contribution in [0.15, 0.2) is 186 Å². The number of rotatable bonds is 5. The largest absolute Gasteiger partial charge is 0.455 e. The molecule has 0 atom stereocenters. The number of furan rings is 1. The van der Waals surface area contributed by atoms with Crippen LogP contribution < -0.4 is 0 Å². The van der Waals surface area contributed by atoms with E-state index < -0.39 is 0 Å². The SMILES string of the molecule is c1ccc(-c2ccc(-c3cc(-c4ccccc4)nc(-c4ccc(-c5cccc6c5oc5ccc7ccccc7c56)c5ccccc45)n3)cc2)cc1. The second kappa shape index (κ2) is 11.9. The van der Waals surface area contributed by atoms with E-state index in [0.717, 1.165) is 71.9 Å². The number of hydrogen-bond donors (Lipinski definition) is 0. The van der Waals surface area contributed by atoms with Gasteiger partial charge in [0, 0.05) is 33.0 Å². The molecule has 0 saturated heterocycles. The molecule has 0 radical (unpaired) electrons. The van der Waals surface area contributed by atoms with Gasteiger partial charge in [-0.05, 0) is 56.4 Å². The summed E-state index contributed by atoms with van der Waals surface area (Å²) in [5, 5.41) is 6.89. The van der Waals surface area contributed by atoms with Crippen LogP contribution in [0.3, 0.4) is 0 Å². The molecular weight excluding hydrogens is 621 g/mol. The van der Waals surface area contributed by atoms with Crippen molar-refractivity contribution in [1.29, 1.82) is 0 Å². The minimum atomic E-state index is 0.689. The summed E-state index contributed by atoms with van der Waals surface area (Å²) in [6.45, 7) is 0. The zero-order valence-corrected chi connectivity index (χ0v) is 27.6. The highest BCUT2D eigenvalue weighted by Crippen LogP contribution is 2.42. The van der Waals surface area contributed by atoms with E-state index in [1.807, 2.05) is 12.1 Å². The number of benzene rings is 8. The molecule has 0 fully saturated rings. The third-order valence-corrected chi connectivity index (χ3v) is 9.93. The molecule has 0 spiro atoms. The average molecular weight is 651 g/mol. The topological polar surface area (TPSA) is 38.9 Å². The Bertz CT molecular complexity index is 2890. The van der Waals surface area contributed by atoms with E-state index in [1.54, 1.807) is 0 Å². The molecule has 0 N–H and O–H groups in total. The first-order valence-electron chi connectivity index (χ1n) is 17.2. The van der Waals surface area contributed by atoms with Crippen LogP contribution in [-0.4, -0.2) is 9.97 Å². The van der Waals surface area contributed by atoms with Gasteiger partial charge in [-0.25, -0.2) is 9.97 Å². The predicted octanol–water partition coefficient (Wildman–Crippen LogP) is 13.0. The molecule has 0 aliphatic carbocycles. The Hall–Kier alpha value is -6.84. The number of nitrogens with zero attached hydrogens (tertiary/aromatic N) is 2. The number of para-hydroxylation sites is 1. The van der Waals surface area contributed by atoms with Crippen molar-refractivity contribution in [2.24, 2.45) is 0 Å². The van der Waals surface area contributed by atoms with Crippen LogP contribution >= 0.6 is 0 Å². The van der Waals surface area contributed by atoms with Gasteiger partial charge in [0.05, 0.1) is 11.4 Å². The van der Waals surface area contributed by atoms with Gasteiger partial charge in [0.1, 0.15) is 11.2 Å². The molecule has 0 aliphatic heterocycles. The number of aromatic nitrogens is 2. The smallest absolute Gasteiger partial charge is 0.161 e. The van der Waals surface area contributed by atoms with Crippen molar-refractivity contribution in [3.63, 3.8) is 0 Å². The van der Waals surface area contributed by atoms with Gasteiger partial charge in [-0.15, -0.1) is 0 Å². The fourth-order valence-electron chi connectivity index (χ4n) is 7.45. The van der Waals surface area contributed by atoms with Gasteiger partial charge in [-0.3, -0.25) is 0 Å². The summed E-state index contributed by atoms with van der Waals surface area (Å²) < 4.78 is 6.65. The molecule has 0 aliphatic rings. The quantitative estimate of drug-likeness (QED) is 0.186. The van der Waals surface area contributed by atoms with E-state index in [2.05, 4.69) is 170 Å². The first kappa shape index (κ1) is 29.1. The van der Waals surface area contributed by atoms with Gasteiger partial charge in [-0.2, -0.15) is 0 Å². The standard InChI is InChI=1S/C48H30N2O/c1-3-12-31(13-4-1)32-22-24-35(25-23-32)44-30-43(34-15-5-2-6-16-34)49-48(50-44)41-28-27-39(37-18-9-10-19-38(37)41)40-20-11-21-42-46-36-17-8-7-14-33(36)26-29-45(46)51-47(40)42/h1-30H. The van der Waals surface area contributed by atoms with Gasteiger partial charge < -0.3 is 4.42 Å². The second-order valence-corrected chi connectivity index (χ2v) is 12.9. The fourth-order valence-corrected chi connectivity index (χ4v) is 7.45. The van der Waals surface area contributed by atoms with E-state index in [-0.39, 0.29) is 0 Å². The molecule has 2 heterocycles. The average Bonchev–Trinajstić information content (AvgIpc) is 3.61. The van der Waals surface area contributed by atoms with Crippen LogP contribution in [0.4, 0.5) is 0 Å². The summed E-state index contributed by atoms with van der Waals surface area (Å²) in [5.41, 5.74) is 11.2. The molecule has 0 unspecified atom stereocenters. The van der Waals surface area contributed by atoms with Crippen molar-refractivity contribution in [2.75, 3.05) is 0 Å². The Morgan fingerprint density at radius 2 is 0.902 bits per heavy atom. The first-order valence-corrected chi connectivity index (χ1v) is 17.2. The molecule has 8 aromatic carbocycles. The fraction of sp³-hybridized carbons (Fsp3) is 0. The van der Waals surface area contributed by atoms with E-state index in [9.17, 15) is 0 Å². The van der Waals surface area contributed by atoms with Crippen molar-refractivity contribution in [3.05, 3.63) is 182 Å². The lowest BCUT2D eigenvalue weighted by Gasteiger charge is -2.14. The highest BCUT2D eigenvalue weighted by molar-refractivity contribution is 6.21. The monoisotopic (exact) mass is 650 g/mol. The van der Waals surface area contributed by atoms with E-state index in [4.69, 9.17) is 14.4 Å². The van der Waals surface area contributed by atoms with Crippen LogP contribution in [0.5, 0.6) is 0 Å². The zero-order valence-electron chi connectivity index (χ0n) is 27.6. The van der Waals surface area contributed by atoms with Gasteiger partial charge in [-0.1, -0.05) is 164 Å². The lowest BCUT2D eigenvalue weighted by atomic mass is 9.93. The maximum Gasteiger partial charge on any atom is 0.161 e. The molecule has 10 rings (SSSR count). The molecule has 2 aromatic heterocycles. The Labute approximate surface area is 295 Å². The minimum Gasteiger partial charge on any atom is -0.455 e. The van der Waals surface area contributed by atoms with Crippen LogP contribution in [0, 0.1) is 0 Å². The third-order valence-electron chi connectivity index (χ3n) is 9.93. The molecule has 51 heavy (non-hydrogen) atoms. The summed E-state index contributed by atoms with van der Waals surface area (Å²) in [6, 6.07) is 63.7. The van der Waals surface area contributed by atoms with Crippen molar-refractivity contribution in [2.45, 2.75) is 0 Å². The lowest BCUT2D eigenvalue weighted by molar-refractivity contribution is 0.670. The normalized spacial score (nSPS) is 11.5.